The third-order valence-electron chi connectivity index (χ3n) is 4.51. The van der Waals surface area contributed by atoms with Gasteiger partial charge in [0.15, 0.2) is 0 Å². The van der Waals surface area contributed by atoms with Gasteiger partial charge in [0.05, 0.1) is 0 Å². The number of amides is 1. The number of aromatic nitrogens is 4. The van der Waals surface area contributed by atoms with E-state index >= 15 is 0 Å². The third kappa shape index (κ3) is 3.75. The number of carbonyl (C=O) groups is 1. The molecule has 1 atom stereocenters. The van der Waals surface area contributed by atoms with Gasteiger partial charge in [-0.05, 0) is 38.3 Å². The van der Waals surface area contributed by atoms with E-state index in [1.807, 2.05) is 35.7 Å². The van der Waals surface area contributed by atoms with E-state index in [4.69, 9.17) is 0 Å². The summed E-state index contributed by atoms with van der Waals surface area (Å²) in [6.45, 7) is 3.52. The van der Waals surface area contributed by atoms with Crippen molar-refractivity contribution in [1.29, 1.82) is 0 Å². The molecule has 6 nitrogen and oxygen atoms in total. The first-order valence-electron chi connectivity index (χ1n) is 8.17. The lowest BCUT2D eigenvalue weighted by atomic mass is 9.94. The molecule has 0 aliphatic carbocycles. The molecule has 1 aliphatic heterocycles. The predicted molar refractivity (Wildman–Crippen MR) is 86.9 cm³/mol. The number of nitrogens with zero attached hydrogens (tertiary/aromatic N) is 5. The van der Waals surface area contributed by atoms with Gasteiger partial charge < -0.3 is 4.90 Å². The van der Waals surface area contributed by atoms with Gasteiger partial charge in [0.1, 0.15) is 5.82 Å². The van der Waals surface area contributed by atoms with Crippen molar-refractivity contribution < 1.29 is 4.79 Å². The van der Waals surface area contributed by atoms with Crippen molar-refractivity contribution in [2.24, 2.45) is 7.05 Å². The van der Waals surface area contributed by atoms with Crippen molar-refractivity contribution in [2.45, 2.75) is 38.5 Å². The maximum Gasteiger partial charge on any atom is 0.222 e. The molecule has 6 heteroatoms. The van der Waals surface area contributed by atoms with E-state index in [9.17, 15) is 4.79 Å². The molecule has 3 heterocycles. The van der Waals surface area contributed by atoms with Gasteiger partial charge in [-0.25, -0.2) is 9.97 Å². The number of carbonyl (C=O) groups excluding carboxylic acids is 1. The average molecular weight is 313 g/mol. The minimum absolute atomic E-state index is 0.224. The lowest BCUT2D eigenvalue weighted by molar-refractivity contribution is -0.132. The first kappa shape index (κ1) is 15.6. The number of rotatable bonds is 4. The molecule has 1 amide bonds. The minimum atomic E-state index is 0.224. The molecule has 0 aromatic carbocycles. The highest BCUT2D eigenvalue weighted by Gasteiger charge is 2.25. The van der Waals surface area contributed by atoms with Crippen LogP contribution < -0.4 is 0 Å². The van der Waals surface area contributed by atoms with Crippen molar-refractivity contribution >= 4 is 5.91 Å². The number of likely N-dealkylation sites (tertiary alicyclic amines) is 1. The molecule has 0 spiro atoms. The zero-order valence-corrected chi connectivity index (χ0v) is 13.8. The van der Waals surface area contributed by atoms with Gasteiger partial charge in [0.25, 0.3) is 0 Å². The van der Waals surface area contributed by atoms with E-state index in [0.29, 0.717) is 12.3 Å². The van der Waals surface area contributed by atoms with E-state index in [2.05, 4.69) is 15.1 Å². The lowest BCUT2D eigenvalue weighted by Gasteiger charge is -2.32. The monoisotopic (exact) mass is 313 g/mol. The summed E-state index contributed by atoms with van der Waals surface area (Å²) in [4.78, 5) is 23.2. The second kappa shape index (κ2) is 6.89. The second-order valence-corrected chi connectivity index (χ2v) is 6.15. The number of piperidine rings is 1. The topological polar surface area (TPSA) is 63.9 Å². The highest BCUT2D eigenvalue weighted by molar-refractivity contribution is 5.76. The fraction of sp³-hybridized carbons (Fsp3) is 0.529. The molecule has 2 aromatic rings. The van der Waals surface area contributed by atoms with Crippen molar-refractivity contribution in [2.75, 3.05) is 13.1 Å². The van der Waals surface area contributed by atoms with Gasteiger partial charge in [-0.3, -0.25) is 9.48 Å². The Hall–Kier alpha value is -2.24. The third-order valence-corrected chi connectivity index (χ3v) is 4.51. The van der Waals surface area contributed by atoms with E-state index < -0.39 is 0 Å². The fourth-order valence-corrected chi connectivity index (χ4v) is 3.19. The van der Waals surface area contributed by atoms with E-state index in [1.54, 1.807) is 12.4 Å². The van der Waals surface area contributed by atoms with E-state index in [-0.39, 0.29) is 5.91 Å². The summed E-state index contributed by atoms with van der Waals surface area (Å²) in [5.74, 6) is 1.34. The highest BCUT2D eigenvalue weighted by Crippen LogP contribution is 2.25. The summed E-state index contributed by atoms with van der Waals surface area (Å²) in [7, 11) is 1.91. The lowest BCUT2D eigenvalue weighted by Crippen LogP contribution is -2.39. The first-order valence-corrected chi connectivity index (χ1v) is 8.17. The Morgan fingerprint density at radius 2 is 2.22 bits per heavy atom. The van der Waals surface area contributed by atoms with Gasteiger partial charge in [0, 0.05) is 56.3 Å². The zero-order valence-electron chi connectivity index (χ0n) is 13.8. The van der Waals surface area contributed by atoms with Crippen LogP contribution in [0.1, 0.15) is 42.4 Å². The summed E-state index contributed by atoms with van der Waals surface area (Å²) in [5.41, 5.74) is 2.15. The maximum absolute atomic E-state index is 12.5. The van der Waals surface area contributed by atoms with Gasteiger partial charge >= 0.3 is 0 Å². The Labute approximate surface area is 136 Å². The van der Waals surface area contributed by atoms with E-state index in [1.165, 1.54) is 0 Å². The fourth-order valence-electron chi connectivity index (χ4n) is 3.19. The van der Waals surface area contributed by atoms with Crippen molar-refractivity contribution in [3.63, 3.8) is 0 Å². The predicted octanol–water partition coefficient (Wildman–Crippen LogP) is 1.86. The van der Waals surface area contributed by atoms with Crippen LogP contribution in [0.2, 0.25) is 0 Å². The molecule has 3 rings (SSSR count). The molecule has 122 valence electrons. The smallest absolute Gasteiger partial charge is 0.222 e. The highest BCUT2D eigenvalue weighted by atomic mass is 16.2. The Balaban J connectivity index is 1.59. The Bertz CT molecular complexity index is 681. The molecule has 0 radical (unpaired) electrons. The summed E-state index contributed by atoms with van der Waals surface area (Å²) >= 11 is 0. The summed E-state index contributed by atoms with van der Waals surface area (Å²) in [5, 5.41) is 4.14. The van der Waals surface area contributed by atoms with Crippen LogP contribution in [0.25, 0.3) is 0 Å². The molecule has 0 saturated carbocycles. The quantitative estimate of drug-likeness (QED) is 0.864. The van der Waals surface area contributed by atoms with Crippen LogP contribution in [0.15, 0.2) is 24.5 Å². The Kier molecular flexibility index (Phi) is 4.69. The summed E-state index contributed by atoms with van der Waals surface area (Å²) < 4.78 is 1.83. The molecular formula is C17H23N5O. The number of hydrogen-bond donors (Lipinski definition) is 0. The molecule has 1 aliphatic rings. The number of hydrogen-bond acceptors (Lipinski definition) is 4. The van der Waals surface area contributed by atoms with Crippen LogP contribution in [0.3, 0.4) is 0 Å². The summed E-state index contributed by atoms with van der Waals surface area (Å²) in [6, 6.07) is 3.94. The maximum atomic E-state index is 12.5. The Morgan fingerprint density at radius 1 is 1.35 bits per heavy atom. The van der Waals surface area contributed by atoms with Crippen LogP contribution in [0.5, 0.6) is 0 Å². The molecule has 23 heavy (non-hydrogen) atoms. The van der Waals surface area contributed by atoms with Crippen molar-refractivity contribution in [1.82, 2.24) is 24.6 Å². The van der Waals surface area contributed by atoms with Gasteiger partial charge in [-0.2, -0.15) is 5.10 Å². The van der Waals surface area contributed by atoms with Crippen LogP contribution in [-0.2, 0) is 18.3 Å². The molecular weight excluding hydrogens is 290 g/mol. The van der Waals surface area contributed by atoms with Crippen LogP contribution >= 0.6 is 0 Å². The zero-order chi connectivity index (χ0) is 16.2. The molecule has 1 unspecified atom stereocenters. The second-order valence-electron chi connectivity index (χ2n) is 6.15. The SMILES string of the molecule is Cc1nccc(C2CCCN(C(=O)CCc3ccnn3C)C2)n1. The van der Waals surface area contributed by atoms with Gasteiger partial charge in [0.2, 0.25) is 5.91 Å². The number of aryl methyl sites for hydroxylation is 3. The molecule has 1 saturated heterocycles. The van der Waals surface area contributed by atoms with Crippen molar-refractivity contribution in [3.8, 4) is 0 Å². The normalized spacial score (nSPS) is 18.2. The molecule has 2 aromatic heterocycles. The van der Waals surface area contributed by atoms with E-state index in [0.717, 1.165) is 49.6 Å². The van der Waals surface area contributed by atoms with Crippen molar-refractivity contribution in [3.05, 3.63) is 41.7 Å². The molecule has 0 bridgehead atoms. The van der Waals surface area contributed by atoms with Crippen LogP contribution in [-0.4, -0.2) is 43.6 Å². The van der Waals surface area contributed by atoms with Gasteiger partial charge in [-0.1, -0.05) is 0 Å². The van der Waals surface area contributed by atoms with Crippen LogP contribution in [0.4, 0.5) is 0 Å². The largest absolute Gasteiger partial charge is 0.342 e. The molecule has 0 N–H and O–H groups in total. The minimum Gasteiger partial charge on any atom is -0.342 e. The molecule has 1 fully saturated rings. The Morgan fingerprint density at radius 3 is 2.96 bits per heavy atom. The van der Waals surface area contributed by atoms with Gasteiger partial charge in [-0.15, -0.1) is 0 Å². The first-order chi connectivity index (χ1) is 11.1. The average Bonchev–Trinajstić information content (AvgIpc) is 2.98. The van der Waals surface area contributed by atoms with Crippen LogP contribution in [0, 0.1) is 6.92 Å². The summed E-state index contributed by atoms with van der Waals surface area (Å²) in [6.07, 6.45) is 6.97. The standard InChI is InChI=1S/C17H23N5O/c1-13-18-9-8-16(20-13)14-4-3-11-22(12-14)17(23)6-5-15-7-10-19-21(15)2/h7-10,14H,3-6,11-12H2,1-2H3.